The zero-order valence-corrected chi connectivity index (χ0v) is 25.1. The molecule has 0 amide bonds. The van der Waals surface area contributed by atoms with Crippen LogP contribution in [0.1, 0.15) is 0 Å². The Kier molecular flexibility index (Phi) is 4.78. The third-order valence-electron chi connectivity index (χ3n) is 9.73. The average Bonchev–Trinajstić information content (AvgIpc) is 3.66. The zero-order valence-electron chi connectivity index (χ0n) is 25.1. The molecular weight excluding hydrogens is 576 g/mol. The largest absolute Gasteiger partial charge is 0.456 e. The van der Waals surface area contributed by atoms with Gasteiger partial charge in [-0.05, 0) is 66.0 Å². The number of aromatic nitrogens is 3. The monoisotopic (exact) mass is 600 g/mol. The van der Waals surface area contributed by atoms with Crippen LogP contribution in [0.4, 0.5) is 17.2 Å². The molecule has 0 radical (unpaired) electrons. The molecule has 1 aliphatic rings. The van der Waals surface area contributed by atoms with E-state index in [0.717, 1.165) is 88.8 Å². The Morgan fingerprint density at radius 2 is 1.32 bits per heavy atom. The number of furan rings is 1. The highest BCUT2D eigenvalue weighted by atomic mass is 16.3. The second-order valence-electron chi connectivity index (χ2n) is 12.2. The maximum atomic E-state index is 6.36. The number of benzene rings is 6. The van der Waals surface area contributed by atoms with Gasteiger partial charge in [0.2, 0.25) is 0 Å². The van der Waals surface area contributed by atoms with Crippen molar-refractivity contribution in [3.8, 4) is 16.9 Å². The maximum absolute atomic E-state index is 6.36. The van der Waals surface area contributed by atoms with Crippen LogP contribution in [-0.2, 0) is 0 Å². The van der Waals surface area contributed by atoms with Gasteiger partial charge in [0.1, 0.15) is 17.0 Å². The molecule has 0 unspecified atom stereocenters. The summed E-state index contributed by atoms with van der Waals surface area (Å²) in [6.07, 6.45) is 1.93. The lowest BCUT2D eigenvalue weighted by Gasteiger charge is -2.32. The van der Waals surface area contributed by atoms with Crippen molar-refractivity contribution in [3.05, 3.63) is 146 Å². The van der Waals surface area contributed by atoms with E-state index < -0.39 is 0 Å². The van der Waals surface area contributed by atoms with Crippen LogP contribution in [-0.4, -0.2) is 14.5 Å². The number of para-hydroxylation sites is 4. The van der Waals surface area contributed by atoms with Crippen molar-refractivity contribution in [2.24, 2.45) is 0 Å². The van der Waals surface area contributed by atoms with Gasteiger partial charge >= 0.3 is 0 Å². The Morgan fingerprint density at radius 1 is 0.511 bits per heavy atom. The summed E-state index contributed by atoms with van der Waals surface area (Å²) in [7, 11) is 0. The molecule has 1 aliphatic heterocycles. The molecule has 0 saturated heterocycles. The molecule has 6 aromatic carbocycles. The summed E-state index contributed by atoms with van der Waals surface area (Å²) in [5.41, 5.74) is 10.3. The number of hydrogen-bond acceptors (Lipinski definition) is 4. The van der Waals surface area contributed by atoms with E-state index in [4.69, 9.17) is 14.4 Å². The summed E-state index contributed by atoms with van der Waals surface area (Å²) >= 11 is 0. The van der Waals surface area contributed by atoms with Gasteiger partial charge in [-0.2, -0.15) is 0 Å². The molecule has 5 nitrogen and oxygen atoms in total. The fourth-order valence-corrected chi connectivity index (χ4v) is 7.71. The molecule has 5 heterocycles. The molecule has 0 saturated carbocycles. The number of rotatable bonds is 2. The van der Waals surface area contributed by atoms with Gasteiger partial charge in [-0.3, -0.25) is 9.88 Å². The van der Waals surface area contributed by atoms with Crippen LogP contribution in [0.25, 0.3) is 82.4 Å². The lowest BCUT2D eigenvalue weighted by Crippen LogP contribution is -2.17. The molecule has 5 heteroatoms. The summed E-state index contributed by atoms with van der Waals surface area (Å²) in [6, 6.07) is 49.1. The third-order valence-corrected chi connectivity index (χ3v) is 9.73. The molecule has 0 fully saturated rings. The van der Waals surface area contributed by atoms with E-state index in [9.17, 15) is 0 Å². The summed E-state index contributed by atoms with van der Waals surface area (Å²) in [5.74, 6) is 0.900. The Balaban J connectivity index is 1.22. The van der Waals surface area contributed by atoms with E-state index in [-0.39, 0.29) is 0 Å². The van der Waals surface area contributed by atoms with Crippen LogP contribution in [0.3, 0.4) is 0 Å². The molecule has 11 rings (SSSR count). The minimum Gasteiger partial charge on any atom is -0.456 e. The number of fused-ring (bicyclic) bond motifs is 10. The quantitative estimate of drug-likeness (QED) is 0.185. The minimum absolute atomic E-state index is 0.887. The SMILES string of the molecule is c1ccc(N2c3ccccc3-c3nccc4c3c2nc2ccc(-n3c5ccccc5c5cc6c(cc53)oc3ccccc36)cc24)cc1. The predicted octanol–water partition coefficient (Wildman–Crippen LogP) is 11.2. The number of hydrogen-bond donors (Lipinski definition) is 0. The van der Waals surface area contributed by atoms with Gasteiger partial charge in [-0.15, -0.1) is 0 Å². The van der Waals surface area contributed by atoms with Gasteiger partial charge < -0.3 is 8.98 Å². The van der Waals surface area contributed by atoms with Crippen molar-refractivity contribution in [1.82, 2.24) is 14.5 Å². The van der Waals surface area contributed by atoms with E-state index in [2.05, 4.69) is 131 Å². The molecular formula is C42H24N4O. The molecule has 4 aromatic heterocycles. The van der Waals surface area contributed by atoms with Crippen molar-refractivity contribution in [2.45, 2.75) is 0 Å². The Morgan fingerprint density at radius 3 is 2.26 bits per heavy atom. The van der Waals surface area contributed by atoms with Crippen LogP contribution in [0.2, 0.25) is 0 Å². The highest BCUT2D eigenvalue weighted by Crippen LogP contribution is 2.50. The first-order valence-corrected chi connectivity index (χ1v) is 15.8. The van der Waals surface area contributed by atoms with E-state index in [1.165, 1.54) is 10.8 Å². The van der Waals surface area contributed by atoms with Crippen molar-refractivity contribution in [3.63, 3.8) is 0 Å². The molecule has 47 heavy (non-hydrogen) atoms. The van der Waals surface area contributed by atoms with Crippen molar-refractivity contribution in [2.75, 3.05) is 4.90 Å². The molecule has 218 valence electrons. The smallest absolute Gasteiger partial charge is 0.148 e. The highest BCUT2D eigenvalue weighted by molar-refractivity contribution is 6.20. The normalized spacial score (nSPS) is 12.6. The van der Waals surface area contributed by atoms with Crippen molar-refractivity contribution in [1.29, 1.82) is 0 Å². The topological polar surface area (TPSA) is 47.1 Å². The summed E-state index contributed by atoms with van der Waals surface area (Å²) in [5, 5.41) is 7.97. The predicted molar refractivity (Wildman–Crippen MR) is 192 cm³/mol. The van der Waals surface area contributed by atoms with Gasteiger partial charge in [0.25, 0.3) is 0 Å². The van der Waals surface area contributed by atoms with Gasteiger partial charge in [0, 0.05) is 56.1 Å². The fourth-order valence-electron chi connectivity index (χ4n) is 7.71. The molecule has 0 spiro atoms. The van der Waals surface area contributed by atoms with E-state index in [1.54, 1.807) is 0 Å². The molecule has 10 aromatic rings. The van der Waals surface area contributed by atoms with Crippen LogP contribution in [0.5, 0.6) is 0 Å². The molecule has 0 N–H and O–H groups in total. The van der Waals surface area contributed by atoms with Crippen molar-refractivity contribution >= 4 is 82.6 Å². The number of anilines is 3. The fraction of sp³-hybridized carbons (Fsp3) is 0. The highest BCUT2D eigenvalue weighted by Gasteiger charge is 2.29. The summed E-state index contributed by atoms with van der Waals surface area (Å²) < 4.78 is 8.72. The second-order valence-corrected chi connectivity index (χ2v) is 12.2. The van der Waals surface area contributed by atoms with E-state index in [1.807, 2.05) is 24.4 Å². The first kappa shape index (κ1) is 24.8. The first-order valence-electron chi connectivity index (χ1n) is 15.8. The molecule has 0 atom stereocenters. The van der Waals surface area contributed by atoms with E-state index in [0.29, 0.717) is 0 Å². The summed E-state index contributed by atoms with van der Waals surface area (Å²) in [6.45, 7) is 0. The Bertz CT molecular complexity index is 2920. The van der Waals surface area contributed by atoms with Gasteiger partial charge in [-0.1, -0.05) is 72.8 Å². The summed E-state index contributed by atoms with van der Waals surface area (Å²) in [4.78, 5) is 12.6. The van der Waals surface area contributed by atoms with Gasteiger partial charge in [0.15, 0.2) is 0 Å². The first-order chi connectivity index (χ1) is 23.3. The van der Waals surface area contributed by atoms with Crippen LogP contribution < -0.4 is 4.90 Å². The minimum atomic E-state index is 0.887. The van der Waals surface area contributed by atoms with E-state index >= 15 is 0 Å². The van der Waals surface area contributed by atoms with Crippen LogP contribution in [0, 0.1) is 0 Å². The lowest BCUT2D eigenvalue weighted by atomic mass is 9.95. The van der Waals surface area contributed by atoms with Gasteiger partial charge in [-0.25, -0.2) is 4.98 Å². The molecule has 0 bridgehead atoms. The lowest BCUT2D eigenvalue weighted by molar-refractivity contribution is 0.669. The number of nitrogens with zero attached hydrogens (tertiary/aromatic N) is 4. The number of pyridine rings is 2. The third kappa shape index (κ3) is 3.32. The van der Waals surface area contributed by atoms with Crippen molar-refractivity contribution < 1.29 is 4.42 Å². The molecule has 0 aliphatic carbocycles. The standard InChI is InChI=1S/C42H24N4O/c1-2-10-25(11-3-1)46-36-16-8-5-14-30(36)41-40-29(20-21-43-41)31-22-26(18-19-34(31)44-42(40)46)45-35-15-7-4-12-27(35)32-23-33-28-13-6-9-17-38(28)47-39(33)24-37(32)45/h1-24H. The maximum Gasteiger partial charge on any atom is 0.148 e. The Hall–Kier alpha value is -6.46. The van der Waals surface area contributed by atoms with Crippen LogP contribution >= 0.6 is 0 Å². The Labute approximate surface area is 268 Å². The average molecular weight is 601 g/mol. The van der Waals surface area contributed by atoms with Gasteiger partial charge in [0.05, 0.1) is 33.3 Å². The van der Waals surface area contributed by atoms with Crippen LogP contribution in [0.15, 0.2) is 150 Å². The zero-order chi connectivity index (χ0) is 30.6. The second kappa shape index (κ2) is 9.05.